The molecule has 1 aliphatic heterocycles. The monoisotopic (exact) mass is 389 g/mol. The van der Waals surface area contributed by atoms with Crippen molar-refractivity contribution in [3.63, 3.8) is 0 Å². The summed E-state index contributed by atoms with van der Waals surface area (Å²) in [5.41, 5.74) is 2.96. The average molecular weight is 390 g/mol. The summed E-state index contributed by atoms with van der Waals surface area (Å²) in [6, 6.07) is 7.88. The van der Waals surface area contributed by atoms with E-state index in [1.165, 1.54) is 11.8 Å². The Kier molecular flexibility index (Phi) is 6.85. The van der Waals surface area contributed by atoms with Crippen molar-refractivity contribution in [2.75, 3.05) is 32.7 Å². The normalized spacial score (nSPS) is 13.4. The third-order valence-corrected chi connectivity index (χ3v) is 5.69. The summed E-state index contributed by atoms with van der Waals surface area (Å²) in [4.78, 5) is 13.8. The van der Waals surface area contributed by atoms with Crippen molar-refractivity contribution in [3.8, 4) is 11.5 Å². The quantitative estimate of drug-likeness (QED) is 0.383. The van der Waals surface area contributed by atoms with Crippen LogP contribution < -0.4 is 9.47 Å². The highest BCUT2D eigenvalue weighted by Gasteiger charge is 2.17. The highest BCUT2D eigenvalue weighted by molar-refractivity contribution is 8.00. The van der Waals surface area contributed by atoms with Crippen LogP contribution in [0.5, 0.6) is 11.5 Å². The lowest BCUT2D eigenvalue weighted by atomic mass is 10.2. The highest BCUT2D eigenvalue weighted by atomic mass is 32.2. The number of thioether (sulfide) groups is 1. The molecule has 1 aliphatic rings. The number of hydrogen-bond donors (Lipinski definition) is 0. The van der Waals surface area contributed by atoms with E-state index < -0.39 is 0 Å². The molecule has 2 heterocycles. The number of aryl methyl sites for hydroxylation is 1. The minimum Gasteiger partial charge on any atom is -0.490 e. The van der Waals surface area contributed by atoms with E-state index in [-0.39, 0.29) is 5.78 Å². The second-order valence-electron chi connectivity index (χ2n) is 6.65. The first-order valence-corrected chi connectivity index (χ1v) is 10.3. The number of hydrogen-bond acceptors (Lipinski definition) is 5. The number of fused-ring (bicyclic) bond motifs is 1. The van der Waals surface area contributed by atoms with Crippen molar-refractivity contribution in [1.29, 1.82) is 0 Å². The maximum absolute atomic E-state index is 12.8. The zero-order valence-electron chi connectivity index (χ0n) is 16.2. The lowest BCUT2D eigenvalue weighted by molar-refractivity contribution is 0.102. The van der Waals surface area contributed by atoms with Crippen molar-refractivity contribution >= 4 is 17.5 Å². The minimum atomic E-state index is 0.151. The molecule has 0 N–H and O–H groups in total. The fraction of sp³-hybridized carbons (Fsp3) is 0.476. The number of benzene rings is 1. The molecule has 0 aliphatic carbocycles. The fourth-order valence-electron chi connectivity index (χ4n) is 3.25. The van der Waals surface area contributed by atoms with Crippen LogP contribution in [-0.4, -0.2) is 43.0 Å². The van der Waals surface area contributed by atoms with E-state index in [1.54, 1.807) is 7.11 Å². The number of carbonyl (C=O) groups is 1. The standard InChI is InChI=1S/C21H27NO4S/c1-15-12-18(16(2)22(15)8-4-9-24-3)19(23)14-27-17-6-7-20-21(13-17)26-11-5-10-25-20/h6-7,12-13H,4-5,8-11,14H2,1-3H3. The molecule has 1 aromatic carbocycles. The molecule has 1 aromatic heterocycles. The summed E-state index contributed by atoms with van der Waals surface area (Å²) < 4.78 is 18.7. The summed E-state index contributed by atoms with van der Waals surface area (Å²) >= 11 is 1.53. The molecule has 0 radical (unpaired) electrons. The van der Waals surface area contributed by atoms with Crippen molar-refractivity contribution in [3.05, 3.63) is 41.2 Å². The number of aromatic nitrogens is 1. The summed E-state index contributed by atoms with van der Waals surface area (Å²) in [6.07, 6.45) is 1.82. The Morgan fingerprint density at radius 3 is 2.74 bits per heavy atom. The van der Waals surface area contributed by atoms with Gasteiger partial charge in [0.15, 0.2) is 17.3 Å². The van der Waals surface area contributed by atoms with E-state index in [1.807, 2.05) is 38.1 Å². The van der Waals surface area contributed by atoms with Crippen LogP contribution in [0.2, 0.25) is 0 Å². The molecule has 2 aromatic rings. The Morgan fingerprint density at radius 1 is 1.19 bits per heavy atom. The van der Waals surface area contributed by atoms with Crippen molar-refractivity contribution in [1.82, 2.24) is 4.57 Å². The first-order chi connectivity index (χ1) is 13.1. The van der Waals surface area contributed by atoms with Gasteiger partial charge < -0.3 is 18.8 Å². The number of methoxy groups -OCH3 is 1. The van der Waals surface area contributed by atoms with Crippen LogP contribution in [0.15, 0.2) is 29.2 Å². The summed E-state index contributed by atoms with van der Waals surface area (Å²) in [5.74, 6) is 2.10. The Bertz CT molecular complexity index is 800. The van der Waals surface area contributed by atoms with E-state index in [0.29, 0.717) is 19.0 Å². The van der Waals surface area contributed by atoms with Crippen LogP contribution >= 0.6 is 11.8 Å². The van der Waals surface area contributed by atoms with Gasteiger partial charge in [0, 0.05) is 48.5 Å². The zero-order chi connectivity index (χ0) is 19.2. The topological polar surface area (TPSA) is 49.7 Å². The predicted molar refractivity (Wildman–Crippen MR) is 108 cm³/mol. The van der Waals surface area contributed by atoms with Gasteiger partial charge in [-0.3, -0.25) is 4.79 Å². The first-order valence-electron chi connectivity index (χ1n) is 9.31. The van der Waals surface area contributed by atoms with E-state index in [9.17, 15) is 4.79 Å². The van der Waals surface area contributed by atoms with Gasteiger partial charge >= 0.3 is 0 Å². The smallest absolute Gasteiger partial charge is 0.174 e. The van der Waals surface area contributed by atoms with E-state index >= 15 is 0 Å². The van der Waals surface area contributed by atoms with Crippen LogP contribution in [-0.2, 0) is 11.3 Å². The van der Waals surface area contributed by atoms with E-state index in [0.717, 1.165) is 59.3 Å². The van der Waals surface area contributed by atoms with Gasteiger partial charge in [0.2, 0.25) is 0 Å². The van der Waals surface area contributed by atoms with Gasteiger partial charge in [-0.15, -0.1) is 11.8 Å². The van der Waals surface area contributed by atoms with Gasteiger partial charge in [-0.25, -0.2) is 0 Å². The van der Waals surface area contributed by atoms with Gasteiger partial charge in [-0.1, -0.05) is 0 Å². The molecule has 27 heavy (non-hydrogen) atoms. The predicted octanol–water partition coefficient (Wildman–Crippen LogP) is 4.28. The molecule has 3 rings (SSSR count). The molecule has 0 amide bonds. The highest BCUT2D eigenvalue weighted by Crippen LogP contribution is 2.34. The molecule has 0 saturated heterocycles. The van der Waals surface area contributed by atoms with Crippen LogP contribution in [0.3, 0.4) is 0 Å². The first kappa shape index (κ1) is 19.8. The maximum Gasteiger partial charge on any atom is 0.174 e. The molecule has 0 unspecified atom stereocenters. The number of ether oxygens (including phenoxy) is 3. The Hall–Kier alpha value is -1.92. The van der Waals surface area contributed by atoms with Crippen LogP contribution in [0.4, 0.5) is 0 Å². The SMILES string of the molecule is COCCCn1c(C)cc(C(=O)CSc2ccc3c(c2)OCCCO3)c1C. The Labute approximate surface area is 165 Å². The van der Waals surface area contributed by atoms with Crippen LogP contribution in [0.1, 0.15) is 34.6 Å². The molecular formula is C21H27NO4S. The maximum atomic E-state index is 12.8. The summed E-state index contributed by atoms with van der Waals surface area (Å²) in [6.45, 7) is 7.00. The Morgan fingerprint density at radius 2 is 1.96 bits per heavy atom. The van der Waals surface area contributed by atoms with Crippen LogP contribution in [0.25, 0.3) is 0 Å². The third kappa shape index (κ3) is 4.87. The molecular weight excluding hydrogens is 362 g/mol. The number of rotatable bonds is 8. The molecule has 0 fully saturated rings. The molecule has 0 bridgehead atoms. The van der Waals surface area contributed by atoms with Gasteiger partial charge in [0.25, 0.3) is 0 Å². The third-order valence-electron chi connectivity index (χ3n) is 4.69. The van der Waals surface area contributed by atoms with Crippen molar-refractivity contribution in [2.24, 2.45) is 0 Å². The minimum absolute atomic E-state index is 0.151. The van der Waals surface area contributed by atoms with Gasteiger partial charge in [0.1, 0.15) is 0 Å². The molecule has 0 atom stereocenters. The lowest BCUT2D eigenvalue weighted by Crippen LogP contribution is -2.08. The molecule has 0 saturated carbocycles. The molecule has 6 heteroatoms. The largest absolute Gasteiger partial charge is 0.490 e. The molecule has 5 nitrogen and oxygen atoms in total. The number of ketones is 1. The second kappa shape index (κ2) is 9.33. The van der Waals surface area contributed by atoms with Crippen molar-refractivity contribution < 1.29 is 19.0 Å². The van der Waals surface area contributed by atoms with Crippen molar-refractivity contribution in [2.45, 2.75) is 38.1 Å². The van der Waals surface area contributed by atoms with Gasteiger partial charge in [-0.2, -0.15) is 0 Å². The van der Waals surface area contributed by atoms with E-state index in [2.05, 4.69) is 4.57 Å². The Balaban J connectivity index is 1.64. The lowest BCUT2D eigenvalue weighted by Gasteiger charge is -2.10. The molecule has 0 spiro atoms. The van der Waals surface area contributed by atoms with E-state index in [4.69, 9.17) is 14.2 Å². The van der Waals surface area contributed by atoms with Crippen LogP contribution in [0, 0.1) is 13.8 Å². The second-order valence-corrected chi connectivity index (χ2v) is 7.70. The molecule has 146 valence electrons. The zero-order valence-corrected chi connectivity index (χ0v) is 17.1. The summed E-state index contributed by atoms with van der Waals surface area (Å²) in [5, 5.41) is 0. The average Bonchev–Trinajstić information content (AvgIpc) is 2.84. The van der Waals surface area contributed by atoms with Gasteiger partial charge in [0.05, 0.1) is 19.0 Å². The number of nitrogens with zero attached hydrogens (tertiary/aromatic N) is 1. The fourth-order valence-corrected chi connectivity index (χ4v) is 4.06. The summed E-state index contributed by atoms with van der Waals surface area (Å²) in [7, 11) is 1.71. The number of Topliss-reactive ketones (excluding diaryl/α,β-unsaturated/α-hetero) is 1. The van der Waals surface area contributed by atoms with Gasteiger partial charge in [-0.05, 0) is 44.5 Å². The number of carbonyl (C=O) groups excluding carboxylic acids is 1.